The Bertz CT molecular complexity index is 620. The number of aliphatic hydroxyl groups excluding tert-OH is 1. The van der Waals surface area contributed by atoms with Crippen molar-refractivity contribution in [3.05, 3.63) is 22.7 Å². The van der Waals surface area contributed by atoms with E-state index in [-0.39, 0.29) is 5.82 Å². The first kappa shape index (κ1) is 16.0. The lowest BCUT2D eigenvalue weighted by Crippen LogP contribution is -2.33. The van der Waals surface area contributed by atoms with Crippen LogP contribution in [0, 0.1) is 0 Å². The molecule has 0 bridgehead atoms. The molecule has 2 rings (SSSR count). The number of ether oxygens (including phenoxy) is 1. The number of anilines is 1. The van der Waals surface area contributed by atoms with Crippen molar-refractivity contribution in [2.45, 2.75) is 24.6 Å². The lowest BCUT2D eigenvalue weighted by molar-refractivity contribution is -0.0482. The number of phosphoric acid groups is 1. The van der Waals surface area contributed by atoms with Gasteiger partial charge in [0.2, 0.25) is 0 Å². The minimum absolute atomic E-state index is 0.0633. The van der Waals surface area contributed by atoms with Gasteiger partial charge in [-0.05, 0) is 6.07 Å². The highest BCUT2D eigenvalue weighted by atomic mass is 31.2. The summed E-state index contributed by atoms with van der Waals surface area (Å²) in [7, 11) is -4.78. The fraction of sp³-hybridized carbons (Fsp3) is 0.556. The summed E-state index contributed by atoms with van der Waals surface area (Å²) in [5.74, 6) is -0.0633. The number of halogens is 1. The van der Waals surface area contributed by atoms with E-state index in [0.29, 0.717) is 0 Å². The number of nitrogens with zero attached hydrogens (tertiary/aromatic N) is 2. The molecule has 5 N–H and O–H groups in total. The Hall–Kier alpha value is -1.36. The molecular weight excluding hydrogens is 312 g/mol. The average molecular weight is 325 g/mol. The van der Waals surface area contributed by atoms with E-state index in [0.717, 1.165) is 10.8 Å². The molecule has 0 spiro atoms. The summed E-state index contributed by atoms with van der Waals surface area (Å²) < 4.78 is 34.6. The second kappa shape index (κ2) is 5.79. The Morgan fingerprint density at radius 3 is 2.81 bits per heavy atom. The monoisotopic (exact) mass is 325 g/mol. The number of rotatable bonds is 4. The van der Waals surface area contributed by atoms with Crippen molar-refractivity contribution in [3.8, 4) is 0 Å². The summed E-state index contributed by atoms with van der Waals surface area (Å²) in [5, 5.41) is 9.64. The molecule has 10 nitrogen and oxygen atoms in total. The third kappa shape index (κ3) is 3.64. The van der Waals surface area contributed by atoms with Crippen molar-refractivity contribution < 1.29 is 33.1 Å². The predicted octanol–water partition coefficient (Wildman–Crippen LogP) is -1.47. The second-order valence-electron chi connectivity index (χ2n) is 4.33. The van der Waals surface area contributed by atoms with Crippen molar-refractivity contribution in [2.75, 3.05) is 12.3 Å². The Kier molecular flexibility index (Phi) is 4.42. The second-order valence-corrected chi connectivity index (χ2v) is 5.57. The van der Waals surface area contributed by atoms with E-state index in [1.165, 1.54) is 6.07 Å². The van der Waals surface area contributed by atoms with Crippen LogP contribution in [0.5, 0.6) is 0 Å². The number of hydrogen-bond donors (Lipinski definition) is 4. The molecule has 0 saturated carbocycles. The van der Waals surface area contributed by atoms with Gasteiger partial charge in [-0.2, -0.15) is 4.98 Å². The number of aliphatic hydroxyl groups is 1. The van der Waals surface area contributed by atoms with Gasteiger partial charge >= 0.3 is 13.5 Å². The topological polar surface area (TPSA) is 157 Å². The van der Waals surface area contributed by atoms with Gasteiger partial charge in [0, 0.05) is 6.20 Å². The van der Waals surface area contributed by atoms with Gasteiger partial charge in [-0.15, -0.1) is 0 Å². The first-order valence-electron chi connectivity index (χ1n) is 5.71. The number of nitrogens with two attached hydrogens (primary N) is 1. The van der Waals surface area contributed by atoms with Gasteiger partial charge in [0.05, 0.1) is 6.61 Å². The van der Waals surface area contributed by atoms with Crippen LogP contribution in [-0.2, 0) is 13.8 Å². The maximum Gasteiger partial charge on any atom is 0.469 e. The van der Waals surface area contributed by atoms with Crippen LogP contribution in [0.1, 0.15) is 6.23 Å². The van der Waals surface area contributed by atoms with Gasteiger partial charge in [0.25, 0.3) is 0 Å². The number of aromatic nitrogens is 2. The third-order valence-corrected chi connectivity index (χ3v) is 3.31. The van der Waals surface area contributed by atoms with Crippen molar-refractivity contribution in [2.24, 2.45) is 0 Å². The lowest BCUT2D eigenvalue weighted by atomic mass is 10.1. The fourth-order valence-corrected chi connectivity index (χ4v) is 2.20. The number of alkyl halides is 1. The van der Waals surface area contributed by atoms with Crippen molar-refractivity contribution in [3.63, 3.8) is 0 Å². The van der Waals surface area contributed by atoms with Gasteiger partial charge in [-0.1, -0.05) is 0 Å². The molecule has 0 radical (unpaired) electrons. The normalized spacial score (nSPS) is 29.7. The van der Waals surface area contributed by atoms with Crippen LogP contribution in [0.2, 0.25) is 0 Å². The lowest BCUT2D eigenvalue weighted by Gasteiger charge is -2.16. The van der Waals surface area contributed by atoms with Gasteiger partial charge in [0.15, 0.2) is 12.4 Å². The molecule has 1 aromatic heterocycles. The van der Waals surface area contributed by atoms with E-state index >= 15 is 0 Å². The first-order chi connectivity index (χ1) is 9.69. The molecule has 21 heavy (non-hydrogen) atoms. The Labute approximate surface area is 117 Å². The van der Waals surface area contributed by atoms with Crippen molar-refractivity contribution in [1.82, 2.24) is 9.55 Å². The fourth-order valence-electron chi connectivity index (χ4n) is 1.86. The molecule has 2 unspecified atom stereocenters. The molecule has 2 heterocycles. The summed E-state index contributed by atoms with van der Waals surface area (Å²) in [6, 6.07) is 1.24. The van der Waals surface area contributed by atoms with E-state index in [1.54, 1.807) is 0 Å². The van der Waals surface area contributed by atoms with Crippen LogP contribution in [-0.4, -0.2) is 49.4 Å². The molecule has 0 aromatic carbocycles. The number of phosphoric ester groups is 1. The molecule has 1 fully saturated rings. The molecule has 0 aliphatic carbocycles. The van der Waals surface area contributed by atoms with E-state index in [2.05, 4.69) is 9.51 Å². The molecule has 1 aromatic rings. The quantitative estimate of drug-likeness (QED) is 0.485. The number of hydrogen-bond acceptors (Lipinski definition) is 7. The molecule has 1 aliphatic rings. The summed E-state index contributed by atoms with van der Waals surface area (Å²) in [6.45, 7) is -0.737. The maximum absolute atomic E-state index is 14.0. The summed E-state index contributed by atoms with van der Waals surface area (Å²) in [5.41, 5.74) is 4.41. The molecule has 118 valence electrons. The molecule has 0 amide bonds. The smallest absolute Gasteiger partial charge is 0.387 e. The van der Waals surface area contributed by atoms with Crippen LogP contribution >= 0.6 is 7.82 Å². The highest BCUT2D eigenvalue weighted by Crippen LogP contribution is 2.38. The molecule has 12 heteroatoms. The standard InChI is InChI=1S/C9H13FN3O7P/c10-6-7(14)4(3-19-21(16,17)18)20-8(6)13-2-1-5(11)12-9(13)15/h1-2,4,6-8,14H,3H2,(H2,11,12,15)(H2,16,17,18)/t4?,6-,7-,8?/m1/s1. The SMILES string of the molecule is Nc1ccn(C2OC(COP(=O)(O)O)[C@@H](O)[C@H]2F)c(=O)n1. The zero-order valence-electron chi connectivity index (χ0n) is 10.4. The zero-order valence-corrected chi connectivity index (χ0v) is 11.3. The summed E-state index contributed by atoms with van der Waals surface area (Å²) >= 11 is 0. The third-order valence-electron chi connectivity index (χ3n) is 2.83. The van der Waals surface area contributed by atoms with E-state index in [4.69, 9.17) is 20.3 Å². The van der Waals surface area contributed by atoms with Crippen LogP contribution in [0.3, 0.4) is 0 Å². The highest BCUT2D eigenvalue weighted by Gasteiger charge is 2.46. The largest absolute Gasteiger partial charge is 0.469 e. The van der Waals surface area contributed by atoms with E-state index < -0.39 is 44.7 Å². The highest BCUT2D eigenvalue weighted by molar-refractivity contribution is 7.46. The first-order valence-corrected chi connectivity index (χ1v) is 7.24. The molecular formula is C9H13FN3O7P. The van der Waals surface area contributed by atoms with Gasteiger partial charge in [-0.3, -0.25) is 9.09 Å². The molecule has 1 aliphatic heterocycles. The Morgan fingerprint density at radius 2 is 2.24 bits per heavy atom. The van der Waals surface area contributed by atoms with Gasteiger partial charge < -0.3 is 25.4 Å². The van der Waals surface area contributed by atoms with Crippen LogP contribution in [0.15, 0.2) is 17.1 Å². The summed E-state index contributed by atoms with van der Waals surface area (Å²) in [6.07, 6.45) is -5.42. The maximum atomic E-state index is 14.0. The van der Waals surface area contributed by atoms with E-state index in [9.17, 15) is 18.9 Å². The van der Waals surface area contributed by atoms with Crippen molar-refractivity contribution >= 4 is 13.6 Å². The Balaban J connectivity index is 2.16. The minimum Gasteiger partial charge on any atom is -0.387 e. The molecule has 1 saturated heterocycles. The predicted molar refractivity (Wildman–Crippen MR) is 65.7 cm³/mol. The van der Waals surface area contributed by atoms with Crippen LogP contribution in [0.25, 0.3) is 0 Å². The zero-order chi connectivity index (χ0) is 15.8. The van der Waals surface area contributed by atoms with Crippen LogP contribution < -0.4 is 11.4 Å². The molecule has 4 atom stereocenters. The van der Waals surface area contributed by atoms with Gasteiger partial charge in [0.1, 0.15) is 18.0 Å². The van der Waals surface area contributed by atoms with E-state index in [1.807, 2.05) is 0 Å². The minimum atomic E-state index is -4.78. The Morgan fingerprint density at radius 1 is 1.57 bits per heavy atom. The van der Waals surface area contributed by atoms with Crippen molar-refractivity contribution in [1.29, 1.82) is 0 Å². The van der Waals surface area contributed by atoms with Gasteiger partial charge in [-0.25, -0.2) is 13.8 Å². The number of nitrogen functional groups attached to an aromatic ring is 1. The average Bonchev–Trinajstić information content (AvgIpc) is 2.64. The summed E-state index contributed by atoms with van der Waals surface area (Å²) in [4.78, 5) is 32.1. The van der Waals surface area contributed by atoms with Crippen LogP contribution in [0.4, 0.5) is 10.2 Å².